The lowest BCUT2D eigenvalue weighted by Gasteiger charge is -2.18. The largest absolute Gasteiger partial charge is 0.462 e. The molecule has 0 bridgehead atoms. The number of hydrogen-bond acceptors (Lipinski definition) is 5. The van der Waals surface area contributed by atoms with Gasteiger partial charge in [-0.05, 0) is 19.3 Å². The molecule has 0 aliphatic carbocycles. The van der Waals surface area contributed by atoms with E-state index in [0.29, 0.717) is 26.1 Å². The van der Waals surface area contributed by atoms with E-state index in [-0.39, 0.29) is 18.5 Å². The van der Waals surface area contributed by atoms with Gasteiger partial charge in [0.15, 0.2) is 6.10 Å². The molecule has 0 amide bonds. The lowest BCUT2D eigenvalue weighted by Crippen LogP contribution is -2.30. The average Bonchev–Trinajstić information content (AvgIpc) is 3.11. The Morgan fingerprint density at radius 2 is 0.660 bits per heavy atom. The summed E-state index contributed by atoms with van der Waals surface area (Å²) in [4.78, 5) is 25.1. The van der Waals surface area contributed by atoms with Crippen LogP contribution < -0.4 is 0 Å². The summed E-state index contributed by atoms with van der Waals surface area (Å²) in [6, 6.07) is 0. The molecule has 5 nitrogen and oxygen atoms in total. The third-order valence-electron chi connectivity index (χ3n) is 10.1. The Kier molecular flexibility index (Phi) is 41.4. The standard InChI is InChI=1S/C45H88O5/c1-4-7-10-13-16-18-20-21-22-23-24-25-26-27-30-32-35-38-44(46)49-42-43(50-45(47)39-36-33-29-15-12-9-6-3)41-48-40-37-34-31-28-19-17-14-11-8-5-2/h43H,4-42H2,1-3H3. The summed E-state index contributed by atoms with van der Waals surface area (Å²) >= 11 is 0. The van der Waals surface area contributed by atoms with Gasteiger partial charge in [0.05, 0.1) is 6.61 Å². The van der Waals surface area contributed by atoms with E-state index in [4.69, 9.17) is 14.2 Å². The van der Waals surface area contributed by atoms with Gasteiger partial charge in [-0.1, -0.05) is 220 Å². The number of carbonyl (C=O) groups excluding carboxylic acids is 2. The maximum atomic E-state index is 12.6. The molecule has 0 fully saturated rings. The van der Waals surface area contributed by atoms with E-state index in [0.717, 1.165) is 32.1 Å². The smallest absolute Gasteiger partial charge is 0.306 e. The minimum atomic E-state index is -0.519. The zero-order valence-electron chi connectivity index (χ0n) is 34.2. The van der Waals surface area contributed by atoms with Gasteiger partial charge in [0.25, 0.3) is 0 Å². The summed E-state index contributed by atoms with van der Waals surface area (Å²) in [7, 11) is 0. The van der Waals surface area contributed by atoms with Gasteiger partial charge in [-0.3, -0.25) is 9.59 Å². The molecule has 5 heteroatoms. The number of rotatable bonds is 42. The summed E-state index contributed by atoms with van der Waals surface area (Å²) in [5.41, 5.74) is 0. The highest BCUT2D eigenvalue weighted by Crippen LogP contribution is 2.15. The lowest BCUT2D eigenvalue weighted by molar-refractivity contribution is -0.163. The molecule has 0 aromatic heterocycles. The summed E-state index contributed by atoms with van der Waals surface area (Å²) in [6.07, 6.45) is 43.9. The van der Waals surface area contributed by atoms with Crippen LogP contribution in [0.3, 0.4) is 0 Å². The SMILES string of the molecule is CCCCCCCCCCCCCCCCCCCC(=O)OCC(COCCCCCCCCCCCC)OC(=O)CCCCCCCCC. The monoisotopic (exact) mass is 709 g/mol. The van der Waals surface area contributed by atoms with Crippen LogP contribution in [0, 0.1) is 0 Å². The molecule has 0 radical (unpaired) electrons. The molecule has 0 aromatic carbocycles. The first-order valence-corrected chi connectivity index (χ1v) is 22.6. The number of carbonyl (C=O) groups is 2. The normalized spacial score (nSPS) is 12.0. The first-order valence-electron chi connectivity index (χ1n) is 22.6. The minimum absolute atomic E-state index is 0.0958. The molecule has 0 aromatic rings. The average molecular weight is 709 g/mol. The molecular weight excluding hydrogens is 620 g/mol. The van der Waals surface area contributed by atoms with Gasteiger partial charge in [-0.25, -0.2) is 0 Å². The van der Waals surface area contributed by atoms with Crippen molar-refractivity contribution < 1.29 is 23.8 Å². The molecule has 0 aliphatic heterocycles. The molecule has 1 unspecified atom stereocenters. The molecule has 1 atom stereocenters. The predicted molar refractivity (Wildman–Crippen MR) is 215 cm³/mol. The third-order valence-corrected chi connectivity index (χ3v) is 10.1. The van der Waals surface area contributed by atoms with Crippen molar-refractivity contribution in [2.24, 2.45) is 0 Å². The molecule has 298 valence electrons. The Hall–Kier alpha value is -1.10. The van der Waals surface area contributed by atoms with Gasteiger partial charge in [0.2, 0.25) is 0 Å². The summed E-state index contributed by atoms with van der Waals surface area (Å²) in [6.45, 7) is 7.84. The van der Waals surface area contributed by atoms with E-state index in [1.54, 1.807) is 0 Å². The molecule has 50 heavy (non-hydrogen) atoms. The molecule has 0 rings (SSSR count). The van der Waals surface area contributed by atoms with Crippen LogP contribution in [0.2, 0.25) is 0 Å². The summed E-state index contributed by atoms with van der Waals surface area (Å²) in [5.74, 6) is -0.385. The fourth-order valence-corrected chi connectivity index (χ4v) is 6.75. The van der Waals surface area contributed by atoms with Crippen LogP contribution in [0.1, 0.15) is 252 Å². The third kappa shape index (κ3) is 39.7. The lowest BCUT2D eigenvalue weighted by atomic mass is 10.0. The van der Waals surface area contributed by atoms with E-state index in [2.05, 4.69) is 20.8 Å². The maximum Gasteiger partial charge on any atom is 0.306 e. The van der Waals surface area contributed by atoms with E-state index in [1.165, 1.54) is 186 Å². The fourth-order valence-electron chi connectivity index (χ4n) is 6.75. The first-order chi connectivity index (χ1) is 24.6. The second kappa shape index (κ2) is 42.3. The van der Waals surface area contributed by atoms with Crippen LogP contribution in [0.25, 0.3) is 0 Å². The Labute approximate surface area is 312 Å². The van der Waals surface area contributed by atoms with Gasteiger partial charge in [-0.15, -0.1) is 0 Å². The van der Waals surface area contributed by atoms with E-state index in [1.807, 2.05) is 0 Å². The number of unbranched alkanes of at least 4 members (excludes halogenated alkanes) is 31. The molecule has 0 heterocycles. The van der Waals surface area contributed by atoms with Gasteiger partial charge < -0.3 is 14.2 Å². The zero-order valence-corrected chi connectivity index (χ0v) is 34.2. The van der Waals surface area contributed by atoms with Crippen molar-refractivity contribution in [2.45, 2.75) is 258 Å². The van der Waals surface area contributed by atoms with Crippen molar-refractivity contribution in [3.63, 3.8) is 0 Å². The quantitative estimate of drug-likeness (QED) is 0.0466. The predicted octanol–water partition coefficient (Wildman–Crippen LogP) is 14.6. The highest BCUT2D eigenvalue weighted by atomic mass is 16.6. The number of esters is 2. The van der Waals surface area contributed by atoms with Crippen molar-refractivity contribution in [2.75, 3.05) is 19.8 Å². The Bertz CT molecular complexity index is 680. The number of hydrogen-bond donors (Lipinski definition) is 0. The Balaban J connectivity index is 4.04. The van der Waals surface area contributed by atoms with Crippen molar-refractivity contribution in [1.29, 1.82) is 0 Å². The highest BCUT2D eigenvalue weighted by Gasteiger charge is 2.17. The van der Waals surface area contributed by atoms with Gasteiger partial charge in [0, 0.05) is 19.4 Å². The summed E-state index contributed by atoms with van der Waals surface area (Å²) < 4.78 is 17.2. The molecule has 0 aliphatic rings. The molecule has 0 N–H and O–H groups in total. The van der Waals surface area contributed by atoms with Gasteiger partial charge in [0.1, 0.15) is 6.61 Å². The Morgan fingerprint density at radius 3 is 1.02 bits per heavy atom. The Morgan fingerprint density at radius 1 is 0.360 bits per heavy atom. The van der Waals surface area contributed by atoms with Crippen LogP contribution in [-0.4, -0.2) is 37.9 Å². The van der Waals surface area contributed by atoms with Crippen LogP contribution in [0.15, 0.2) is 0 Å². The number of ether oxygens (including phenoxy) is 3. The summed E-state index contributed by atoms with van der Waals surface area (Å²) in [5, 5.41) is 0. The van der Waals surface area contributed by atoms with Crippen molar-refractivity contribution >= 4 is 11.9 Å². The topological polar surface area (TPSA) is 61.8 Å². The van der Waals surface area contributed by atoms with Crippen molar-refractivity contribution in [3.05, 3.63) is 0 Å². The first kappa shape index (κ1) is 48.9. The molecule has 0 spiro atoms. The van der Waals surface area contributed by atoms with Crippen molar-refractivity contribution in [1.82, 2.24) is 0 Å². The second-order valence-corrected chi connectivity index (χ2v) is 15.3. The van der Waals surface area contributed by atoms with Crippen LogP contribution >= 0.6 is 0 Å². The van der Waals surface area contributed by atoms with Crippen LogP contribution in [0.4, 0.5) is 0 Å². The molecular formula is C45H88O5. The van der Waals surface area contributed by atoms with Crippen LogP contribution in [-0.2, 0) is 23.8 Å². The maximum absolute atomic E-state index is 12.6. The minimum Gasteiger partial charge on any atom is -0.462 e. The van der Waals surface area contributed by atoms with Gasteiger partial charge in [-0.2, -0.15) is 0 Å². The molecule has 0 saturated heterocycles. The van der Waals surface area contributed by atoms with Crippen LogP contribution in [0.5, 0.6) is 0 Å². The zero-order chi connectivity index (χ0) is 36.4. The van der Waals surface area contributed by atoms with E-state index >= 15 is 0 Å². The van der Waals surface area contributed by atoms with Crippen molar-refractivity contribution in [3.8, 4) is 0 Å². The highest BCUT2D eigenvalue weighted by molar-refractivity contribution is 5.70. The van der Waals surface area contributed by atoms with E-state index < -0.39 is 6.10 Å². The second-order valence-electron chi connectivity index (χ2n) is 15.3. The van der Waals surface area contributed by atoms with E-state index in [9.17, 15) is 9.59 Å². The fraction of sp³-hybridized carbons (Fsp3) is 0.956. The molecule has 0 saturated carbocycles. The van der Waals surface area contributed by atoms with Gasteiger partial charge >= 0.3 is 11.9 Å².